The summed E-state index contributed by atoms with van der Waals surface area (Å²) in [5, 5.41) is 15.0. The third-order valence-corrected chi connectivity index (χ3v) is 2.98. The third-order valence-electron chi connectivity index (χ3n) is 2.98. The standard InChI is InChI=1S/C11H14N6/c12-8-6-9(7-8)13-11-14-15-16-17(11)10-4-2-1-3-5-10/h1-5,8-9H,6-7,12H2,(H,13,14,16). The molecule has 0 radical (unpaired) electrons. The molecule has 6 heteroatoms. The van der Waals surface area contributed by atoms with E-state index in [-0.39, 0.29) is 0 Å². The smallest absolute Gasteiger partial charge is 0.247 e. The Morgan fingerprint density at radius 2 is 2.00 bits per heavy atom. The minimum atomic E-state index is 0.313. The molecule has 1 heterocycles. The average Bonchev–Trinajstić information content (AvgIpc) is 2.76. The molecule has 1 aliphatic carbocycles. The van der Waals surface area contributed by atoms with Crippen LogP contribution in [0.1, 0.15) is 12.8 Å². The van der Waals surface area contributed by atoms with Crippen LogP contribution >= 0.6 is 0 Å². The van der Waals surface area contributed by atoms with Gasteiger partial charge in [0.2, 0.25) is 5.95 Å². The van der Waals surface area contributed by atoms with E-state index in [1.165, 1.54) is 0 Å². The molecule has 0 unspecified atom stereocenters. The van der Waals surface area contributed by atoms with Crippen molar-refractivity contribution < 1.29 is 0 Å². The summed E-state index contributed by atoms with van der Waals surface area (Å²) in [6.45, 7) is 0. The summed E-state index contributed by atoms with van der Waals surface area (Å²) in [7, 11) is 0. The van der Waals surface area contributed by atoms with Gasteiger partial charge in [-0.3, -0.25) is 0 Å². The quantitative estimate of drug-likeness (QED) is 0.805. The molecule has 0 aliphatic heterocycles. The van der Waals surface area contributed by atoms with Gasteiger partial charge in [0.15, 0.2) is 0 Å². The van der Waals surface area contributed by atoms with Crippen molar-refractivity contribution in [1.82, 2.24) is 20.2 Å². The van der Waals surface area contributed by atoms with Crippen molar-refractivity contribution in [2.24, 2.45) is 5.73 Å². The number of nitrogens with two attached hydrogens (primary N) is 1. The summed E-state index contributed by atoms with van der Waals surface area (Å²) in [6, 6.07) is 10.5. The Hall–Kier alpha value is -1.95. The van der Waals surface area contributed by atoms with E-state index in [2.05, 4.69) is 20.8 Å². The van der Waals surface area contributed by atoms with Crippen molar-refractivity contribution in [3.8, 4) is 5.69 Å². The molecule has 1 fully saturated rings. The second-order valence-electron chi connectivity index (χ2n) is 4.32. The van der Waals surface area contributed by atoms with E-state index < -0.39 is 0 Å². The zero-order valence-electron chi connectivity index (χ0n) is 9.32. The number of aromatic nitrogens is 4. The molecule has 1 aromatic heterocycles. The van der Waals surface area contributed by atoms with Gasteiger partial charge in [-0.1, -0.05) is 23.3 Å². The van der Waals surface area contributed by atoms with Crippen LogP contribution in [-0.4, -0.2) is 32.3 Å². The lowest BCUT2D eigenvalue weighted by molar-refractivity contribution is 0.371. The van der Waals surface area contributed by atoms with Crippen LogP contribution in [0.15, 0.2) is 30.3 Å². The molecule has 0 spiro atoms. The lowest BCUT2D eigenvalue weighted by Crippen LogP contribution is -2.44. The third kappa shape index (κ3) is 1.99. The van der Waals surface area contributed by atoms with Crippen LogP contribution in [0.25, 0.3) is 5.69 Å². The molecule has 3 N–H and O–H groups in total. The van der Waals surface area contributed by atoms with Crippen LogP contribution in [0.4, 0.5) is 5.95 Å². The highest BCUT2D eigenvalue weighted by atomic mass is 15.6. The van der Waals surface area contributed by atoms with Gasteiger partial charge in [-0.15, -0.1) is 0 Å². The first kappa shape index (κ1) is 10.2. The largest absolute Gasteiger partial charge is 0.350 e. The molecule has 17 heavy (non-hydrogen) atoms. The maximum atomic E-state index is 5.75. The van der Waals surface area contributed by atoms with Gasteiger partial charge in [0.1, 0.15) is 0 Å². The zero-order chi connectivity index (χ0) is 11.7. The summed E-state index contributed by atoms with van der Waals surface area (Å²) in [4.78, 5) is 0. The predicted molar refractivity (Wildman–Crippen MR) is 63.8 cm³/mol. The maximum Gasteiger partial charge on any atom is 0.247 e. The van der Waals surface area contributed by atoms with Gasteiger partial charge in [-0.05, 0) is 35.4 Å². The number of benzene rings is 1. The number of para-hydroxylation sites is 1. The number of anilines is 1. The fraction of sp³-hybridized carbons (Fsp3) is 0.364. The van der Waals surface area contributed by atoms with Crippen molar-refractivity contribution in [1.29, 1.82) is 0 Å². The van der Waals surface area contributed by atoms with Gasteiger partial charge in [0.05, 0.1) is 5.69 Å². The van der Waals surface area contributed by atoms with Crippen molar-refractivity contribution in [2.75, 3.05) is 5.32 Å². The van der Waals surface area contributed by atoms with Crippen molar-refractivity contribution in [3.05, 3.63) is 30.3 Å². The van der Waals surface area contributed by atoms with Crippen molar-refractivity contribution >= 4 is 5.95 Å². The number of nitrogens with one attached hydrogen (secondary N) is 1. The number of nitrogens with zero attached hydrogens (tertiary/aromatic N) is 4. The van der Waals surface area contributed by atoms with Crippen LogP contribution in [0.5, 0.6) is 0 Å². The lowest BCUT2D eigenvalue weighted by atomic mass is 9.88. The highest BCUT2D eigenvalue weighted by Gasteiger charge is 2.27. The first-order valence-electron chi connectivity index (χ1n) is 5.69. The number of tetrazole rings is 1. The Labute approximate surface area is 98.8 Å². The van der Waals surface area contributed by atoms with Crippen LogP contribution in [-0.2, 0) is 0 Å². The maximum absolute atomic E-state index is 5.75. The fourth-order valence-corrected chi connectivity index (χ4v) is 1.98. The molecule has 0 atom stereocenters. The number of hydrogen-bond donors (Lipinski definition) is 2. The normalized spacial score (nSPS) is 23.1. The molecular weight excluding hydrogens is 216 g/mol. The van der Waals surface area contributed by atoms with E-state index in [1.54, 1.807) is 4.68 Å². The highest BCUT2D eigenvalue weighted by molar-refractivity contribution is 5.39. The monoisotopic (exact) mass is 230 g/mol. The molecule has 0 saturated heterocycles. The molecule has 88 valence electrons. The molecule has 1 aromatic carbocycles. The Kier molecular flexibility index (Phi) is 2.49. The first-order valence-corrected chi connectivity index (χ1v) is 5.69. The van der Waals surface area contributed by atoms with Gasteiger partial charge in [0, 0.05) is 12.1 Å². The summed E-state index contributed by atoms with van der Waals surface area (Å²) < 4.78 is 1.70. The van der Waals surface area contributed by atoms with E-state index >= 15 is 0 Å². The van der Waals surface area contributed by atoms with Gasteiger partial charge >= 0.3 is 0 Å². The van der Waals surface area contributed by atoms with Crippen LogP contribution in [0.2, 0.25) is 0 Å². The minimum Gasteiger partial charge on any atom is -0.350 e. The van der Waals surface area contributed by atoms with Crippen LogP contribution < -0.4 is 11.1 Å². The van der Waals surface area contributed by atoms with Crippen molar-refractivity contribution in [2.45, 2.75) is 24.9 Å². The Bertz CT molecular complexity index is 488. The predicted octanol–water partition coefficient (Wildman–Crippen LogP) is 0.564. The van der Waals surface area contributed by atoms with E-state index in [0.717, 1.165) is 18.5 Å². The lowest BCUT2D eigenvalue weighted by Gasteiger charge is -2.32. The van der Waals surface area contributed by atoms with Crippen LogP contribution in [0.3, 0.4) is 0 Å². The number of hydrogen-bond acceptors (Lipinski definition) is 5. The molecule has 1 saturated carbocycles. The summed E-state index contributed by atoms with van der Waals surface area (Å²) in [5.74, 6) is 0.674. The minimum absolute atomic E-state index is 0.313. The highest BCUT2D eigenvalue weighted by Crippen LogP contribution is 2.22. The first-order chi connectivity index (χ1) is 8.33. The second kappa shape index (κ2) is 4.14. The van der Waals surface area contributed by atoms with Gasteiger partial charge in [-0.2, -0.15) is 4.68 Å². The Morgan fingerprint density at radius 3 is 2.71 bits per heavy atom. The van der Waals surface area contributed by atoms with Crippen LogP contribution in [0, 0.1) is 0 Å². The van der Waals surface area contributed by atoms with E-state index in [0.29, 0.717) is 18.0 Å². The Balaban J connectivity index is 1.80. The van der Waals surface area contributed by atoms with E-state index in [1.807, 2.05) is 30.3 Å². The molecular formula is C11H14N6. The Morgan fingerprint density at radius 1 is 1.24 bits per heavy atom. The van der Waals surface area contributed by atoms with Gasteiger partial charge < -0.3 is 11.1 Å². The summed E-state index contributed by atoms with van der Waals surface area (Å²) >= 11 is 0. The average molecular weight is 230 g/mol. The van der Waals surface area contributed by atoms with Gasteiger partial charge in [0.25, 0.3) is 0 Å². The summed E-state index contributed by atoms with van der Waals surface area (Å²) in [5.41, 5.74) is 6.70. The van der Waals surface area contributed by atoms with E-state index in [9.17, 15) is 0 Å². The number of rotatable bonds is 3. The second-order valence-corrected chi connectivity index (χ2v) is 4.32. The molecule has 1 aliphatic rings. The summed E-state index contributed by atoms with van der Waals surface area (Å²) in [6.07, 6.45) is 1.95. The van der Waals surface area contributed by atoms with E-state index in [4.69, 9.17) is 5.73 Å². The SMILES string of the molecule is NC1CC(Nc2nnnn2-c2ccccc2)C1. The molecule has 2 aromatic rings. The molecule has 0 bridgehead atoms. The molecule has 0 amide bonds. The van der Waals surface area contributed by atoms with Gasteiger partial charge in [-0.25, -0.2) is 0 Å². The van der Waals surface area contributed by atoms with Crippen molar-refractivity contribution in [3.63, 3.8) is 0 Å². The molecule has 3 rings (SSSR count). The topological polar surface area (TPSA) is 81.7 Å². The molecule has 6 nitrogen and oxygen atoms in total. The zero-order valence-corrected chi connectivity index (χ0v) is 9.32. The fourth-order valence-electron chi connectivity index (χ4n) is 1.98.